The Kier molecular flexibility index (Phi) is 10.1. The lowest BCUT2D eigenvalue weighted by Gasteiger charge is -2.36. The first-order valence-electron chi connectivity index (χ1n) is 12.9. The maximum atomic E-state index is 13.5. The van der Waals surface area contributed by atoms with Crippen LogP contribution in [0.4, 0.5) is 0 Å². The van der Waals surface area contributed by atoms with Gasteiger partial charge in [-0.2, -0.15) is 0 Å². The monoisotopic (exact) mass is 501 g/mol. The third kappa shape index (κ3) is 7.68. The number of hydrogen-bond acceptors (Lipinski definition) is 6. The van der Waals surface area contributed by atoms with Crippen LogP contribution in [0.15, 0.2) is 24.3 Å². The van der Waals surface area contributed by atoms with Gasteiger partial charge in [0.15, 0.2) is 0 Å². The van der Waals surface area contributed by atoms with E-state index in [-0.39, 0.29) is 24.2 Å². The number of likely N-dealkylation sites (N-methyl/N-ethyl adjacent to an activating group) is 1. The average Bonchev–Trinajstić information content (AvgIpc) is 2.87. The van der Waals surface area contributed by atoms with Crippen LogP contribution in [0.2, 0.25) is 0 Å². The third-order valence-corrected chi connectivity index (χ3v) is 6.49. The van der Waals surface area contributed by atoms with E-state index in [2.05, 4.69) is 27.8 Å². The number of ether oxygens (including phenoxy) is 1. The molecule has 4 amide bonds. The molecule has 3 rings (SSSR count). The molecule has 0 unspecified atom stereocenters. The van der Waals surface area contributed by atoms with Crippen LogP contribution in [-0.4, -0.2) is 91.4 Å². The Morgan fingerprint density at radius 3 is 2.50 bits per heavy atom. The number of nitrogens with zero attached hydrogens (tertiary/aromatic N) is 2. The number of fused-ring (bicyclic) bond motifs is 1. The highest BCUT2D eigenvalue weighted by Gasteiger charge is 2.32. The fraction of sp³-hybridized carbons (Fsp3) is 0.615. The van der Waals surface area contributed by atoms with Crippen molar-refractivity contribution < 1.29 is 23.9 Å². The van der Waals surface area contributed by atoms with Crippen LogP contribution in [0.3, 0.4) is 0 Å². The number of rotatable bonds is 4. The molecule has 1 fully saturated rings. The van der Waals surface area contributed by atoms with Crippen molar-refractivity contribution in [1.82, 2.24) is 25.8 Å². The molecule has 1 aromatic rings. The zero-order valence-electron chi connectivity index (χ0n) is 21.5. The van der Waals surface area contributed by atoms with Crippen LogP contribution in [0.5, 0.6) is 5.75 Å². The fourth-order valence-corrected chi connectivity index (χ4v) is 4.45. The maximum Gasteiger partial charge on any atom is 0.255 e. The number of carbonyl (C=O) groups excluding carboxylic acids is 4. The first-order valence-corrected chi connectivity index (χ1v) is 12.9. The topological polar surface area (TPSA) is 120 Å². The number of para-hydroxylation sites is 1. The minimum atomic E-state index is -1.06. The second-order valence-corrected chi connectivity index (χ2v) is 9.73. The van der Waals surface area contributed by atoms with Gasteiger partial charge >= 0.3 is 0 Å². The number of carbonyl (C=O) groups is 4. The number of amides is 4. The van der Waals surface area contributed by atoms with Crippen molar-refractivity contribution in [2.24, 2.45) is 5.92 Å². The first-order chi connectivity index (χ1) is 17.3. The molecule has 0 radical (unpaired) electrons. The quantitative estimate of drug-likeness (QED) is 0.561. The van der Waals surface area contributed by atoms with Crippen LogP contribution < -0.4 is 20.7 Å². The van der Waals surface area contributed by atoms with Gasteiger partial charge in [0, 0.05) is 32.7 Å². The summed E-state index contributed by atoms with van der Waals surface area (Å²) >= 11 is 0. The molecule has 36 heavy (non-hydrogen) atoms. The Hall–Kier alpha value is -3.14. The van der Waals surface area contributed by atoms with Crippen molar-refractivity contribution >= 4 is 23.6 Å². The SMILES string of the molecule is CCN1CCN(C(=O)[C@@H]2CC(=O)N[C@H](CC(C)C)C(=O)NCCCOc3ccccc3C(=O)N2)CC1. The van der Waals surface area contributed by atoms with Gasteiger partial charge in [0.1, 0.15) is 17.8 Å². The first kappa shape index (κ1) is 27.4. The van der Waals surface area contributed by atoms with Gasteiger partial charge in [-0.25, -0.2) is 0 Å². The van der Waals surface area contributed by atoms with Gasteiger partial charge in [0.05, 0.1) is 18.6 Å². The Morgan fingerprint density at radius 2 is 1.81 bits per heavy atom. The van der Waals surface area contributed by atoms with Crippen molar-refractivity contribution in [1.29, 1.82) is 0 Å². The van der Waals surface area contributed by atoms with Gasteiger partial charge in [0.25, 0.3) is 5.91 Å². The average molecular weight is 502 g/mol. The molecule has 10 nitrogen and oxygen atoms in total. The van der Waals surface area contributed by atoms with Gasteiger partial charge in [0.2, 0.25) is 17.7 Å². The number of nitrogens with one attached hydrogen (secondary N) is 3. The summed E-state index contributed by atoms with van der Waals surface area (Å²) < 4.78 is 5.82. The van der Waals surface area contributed by atoms with Gasteiger partial charge in [-0.3, -0.25) is 19.2 Å². The molecule has 0 aromatic heterocycles. The van der Waals surface area contributed by atoms with E-state index in [1.54, 1.807) is 29.2 Å². The minimum absolute atomic E-state index is 0.174. The summed E-state index contributed by atoms with van der Waals surface area (Å²) in [6, 6.07) is 5.02. The molecule has 0 spiro atoms. The van der Waals surface area contributed by atoms with Crippen molar-refractivity contribution in [2.75, 3.05) is 45.9 Å². The lowest BCUT2D eigenvalue weighted by atomic mass is 10.0. The van der Waals surface area contributed by atoms with Crippen molar-refractivity contribution in [3.63, 3.8) is 0 Å². The second-order valence-electron chi connectivity index (χ2n) is 9.73. The number of piperazine rings is 1. The second kappa shape index (κ2) is 13.2. The highest BCUT2D eigenvalue weighted by atomic mass is 16.5. The number of benzene rings is 1. The molecule has 2 aliphatic rings. The molecule has 2 aliphatic heterocycles. The summed E-state index contributed by atoms with van der Waals surface area (Å²) in [7, 11) is 0. The molecule has 3 N–H and O–H groups in total. The molecule has 2 atom stereocenters. The summed E-state index contributed by atoms with van der Waals surface area (Å²) in [6.45, 7) is 10.1. The summed E-state index contributed by atoms with van der Waals surface area (Å²) in [5.74, 6) is -0.946. The molecular formula is C26H39N5O5. The zero-order chi connectivity index (χ0) is 26.1. The van der Waals surface area contributed by atoms with Crippen molar-refractivity contribution in [3.05, 3.63) is 29.8 Å². The summed E-state index contributed by atoms with van der Waals surface area (Å²) in [5.41, 5.74) is 0.295. The molecular weight excluding hydrogens is 462 g/mol. The molecule has 10 heteroatoms. The standard InChI is InChI=1S/C26H39N5O5/c1-4-30-11-13-31(14-12-30)26(35)21-17-23(32)28-20(16-18(2)3)25(34)27-10-7-15-36-22-9-6-5-8-19(22)24(33)29-21/h5-6,8-9,18,20-21H,4,7,10-17H2,1-3H3,(H,27,34)(H,28,32)(H,29,33)/t20-,21+/m1/s1. The van der Waals surface area contributed by atoms with Crippen LogP contribution >= 0.6 is 0 Å². The molecule has 2 heterocycles. The minimum Gasteiger partial charge on any atom is -0.493 e. The van der Waals surface area contributed by atoms with Crippen LogP contribution in [0, 0.1) is 5.92 Å². The Bertz CT molecular complexity index is 929. The predicted molar refractivity (Wildman–Crippen MR) is 136 cm³/mol. The van der Waals surface area contributed by atoms with Crippen molar-refractivity contribution in [3.8, 4) is 5.75 Å². The molecule has 1 aromatic carbocycles. The van der Waals surface area contributed by atoms with Gasteiger partial charge in [-0.1, -0.05) is 32.9 Å². The van der Waals surface area contributed by atoms with E-state index < -0.39 is 23.9 Å². The largest absolute Gasteiger partial charge is 0.493 e. The number of hydrogen-bond donors (Lipinski definition) is 3. The van der Waals surface area contributed by atoms with E-state index in [1.807, 2.05) is 13.8 Å². The van der Waals surface area contributed by atoms with E-state index in [1.165, 1.54) is 0 Å². The lowest BCUT2D eigenvalue weighted by molar-refractivity contribution is -0.137. The van der Waals surface area contributed by atoms with E-state index in [9.17, 15) is 19.2 Å². The Morgan fingerprint density at radius 1 is 1.08 bits per heavy atom. The normalized spacial score (nSPS) is 22.9. The van der Waals surface area contributed by atoms with Crippen LogP contribution in [0.1, 0.15) is 50.4 Å². The molecule has 1 saturated heterocycles. The molecule has 198 valence electrons. The summed E-state index contributed by atoms with van der Waals surface area (Å²) in [6.07, 6.45) is 0.738. The zero-order valence-corrected chi connectivity index (χ0v) is 21.5. The van der Waals surface area contributed by atoms with Crippen molar-refractivity contribution in [2.45, 2.75) is 52.1 Å². The highest BCUT2D eigenvalue weighted by Crippen LogP contribution is 2.19. The fourth-order valence-electron chi connectivity index (χ4n) is 4.45. The van der Waals surface area contributed by atoms with E-state index in [0.717, 1.165) is 19.6 Å². The van der Waals surface area contributed by atoms with Gasteiger partial charge in [-0.15, -0.1) is 0 Å². The summed E-state index contributed by atoms with van der Waals surface area (Å²) in [4.78, 5) is 56.5. The van der Waals surface area contributed by atoms with Crippen LogP contribution in [-0.2, 0) is 14.4 Å². The van der Waals surface area contributed by atoms with E-state index >= 15 is 0 Å². The highest BCUT2D eigenvalue weighted by molar-refractivity contribution is 6.01. The van der Waals surface area contributed by atoms with E-state index in [0.29, 0.717) is 50.4 Å². The predicted octanol–water partition coefficient (Wildman–Crippen LogP) is 0.769. The Labute approximate surface area is 213 Å². The van der Waals surface area contributed by atoms with Gasteiger partial charge < -0.3 is 30.5 Å². The Balaban J connectivity index is 1.85. The third-order valence-electron chi connectivity index (χ3n) is 6.49. The molecule has 0 aliphatic carbocycles. The molecule has 0 bridgehead atoms. The summed E-state index contributed by atoms with van der Waals surface area (Å²) in [5, 5.41) is 8.43. The van der Waals surface area contributed by atoms with Crippen LogP contribution in [0.25, 0.3) is 0 Å². The van der Waals surface area contributed by atoms with E-state index in [4.69, 9.17) is 4.74 Å². The lowest BCUT2D eigenvalue weighted by Crippen LogP contribution is -2.56. The maximum absolute atomic E-state index is 13.5. The molecule has 0 saturated carbocycles. The smallest absolute Gasteiger partial charge is 0.255 e. The van der Waals surface area contributed by atoms with Gasteiger partial charge in [-0.05, 0) is 37.4 Å².